The standard InChI is InChI=1S/C11H19N3/c12-6-3-9-14-8-2-5-11(14)10-4-1-7-13-10/h10-11,13H,1-5,7-9H2. The second kappa shape index (κ2) is 4.77. The van der Waals surface area contributed by atoms with Crippen molar-refractivity contribution in [1.29, 1.82) is 5.26 Å². The van der Waals surface area contributed by atoms with Crippen molar-refractivity contribution in [2.75, 3.05) is 19.6 Å². The molecular weight excluding hydrogens is 174 g/mol. The van der Waals surface area contributed by atoms with Gasteiger partial charge in [-0.15, -0.1) is 0 Å². The van der Waals surface area contributed by atoms with E-state index in [0.717, 1.165) is 6.54 Å². The van der Waals surface area contributed by atoms with E-state index in [4.69, 9.17) is 5.26 Å². The molecule has 1 N–H and O–H groups in total. The molecule has 2 saturated heterocycles. The summed E-state index contributed by atoms with van der Waals surface area (Å²) in [4.78, 5) is 2.51. The normalized spacial score (nSPS) is 33.4. The Hall–Kier alpha value is -0.590. The van der Waals surface area contributed by atoms with Gasteiger partial charge in [-0.2, -0.15) is 5.26 Å². The van der Waals surface area contributed by atoms with Crippen LogP contribution in [0, 0.1) is 11.3 Å². The molecule has 14 heavy (non-hydrogen) atoms. The van der Waals surface area contributed by atoms with Gasteiger partial charge < -0.3 is 5.32 Å². The summed E-state index contributed by atoms with van der Waals surface area (Å²) in [5, 5.41) is 12.2. The Kier molecular flexibility index (Phi) is 3.39. The van der Waals surface area contributed by atoms with Crippen LogP contribution < -0.4 is 5.32 Å². The SMILES string of the molecule is N#CCCN1CCCC1C1CCCN1. The van der Waals surface area contributed by atoms with E-state index in [2.05, 4.69) is 16.3 Å². The Morgan fingerprint density at radius 2 is 2.29 bits per heavy atom. The van der Waals surface area contributed by atoms with Crippen LogP contribution in [0.5, 0.6) is 0 Å². The third kappa shape index (κ3) is 2.08. The first kappa shape index (κ1) is 9.95. The number of nitriles is 1. The summed E-state index contributed by atoms with van der Waals surface area (Å²) in [6.07, 6.45) is 5.97. The summed E-state index contributed by atoms with van der Waals surface area (Å²) >= 11 is 0. The molecule has 2 aliphatic heterocycles. The molecule has 0 aliphatic carbocycles. The lowest BCUT2D eigenvalue weighted by atomic mass is 10.0. The molecule has 0 spiro atoms. The molecule has 0 radical (unpaired) electrons. The Morgan fingerprint density at radius 3 is 3.00 bits per heavy atom. The van der Waals surface area contributed by atoms with Crippen LogP contribution in [0.4, 0.5) is 0 Å². The molecule has 2 aliphatic rings. The van der Waals surface area contributed by atoms with Crippen molar-refractivity contribution in [1.82, 2.24) is 10.2 Å². The first-order chi connectivity index (χ1) is 6.92. The van der Waals surface area contributed by atoms with Crippen molar-refractivity contribution >= 4 is 0 Å². The Labute approximate surface area is 86.1 Å². The minimum absolute atomic E-state index is 0.684. The maximum atomic E-state index is 8.59. The summed E-state index contributed by atoms with van der Waals surface area (Å²) < 4.78 is 0. The highest BCUT2D eigenvalue weighted by Crippen LogP contribution is 2.24. The van der Waals surface area contributed by atoms with Crippen molar-refractivity contribution < 1.29 is 0 Å². The number of rotatable bonds is 3. The molecule has 0 aromatic heterocycles. The fraction of sp³-hybridized carbons (Fsp3) is 0.909. The molecule has 3 nitrogen and oxygen atoms in total. The van der Waals surface area contributed by atoms with E-state index in [1.54, 1.807) is 0 Å². The monoisotopic (exact) mass is 193 g/mol. The van der Waals surface area contributed by atoms with Crippen LogP contribution in [0.25, 0.3) is 0 Å². The lowest BCUT2D eigenvalue weighted by molar-refractivity contribution is 0.219. The smallest absolute Gasteiger partial charge is 0.0635 e. The van der Waals surface area contributed by atoms with Crippen molar-refractivity contribution in [2.24, 2.45) is 0 Å². The molecule has 3 heteroatoms. The van der Waals surface area contributed by atoms with E-state index in [9.17, 15) is 0 Å². The molecule has 0 aromatic carbocycles. The number of hydrogen-bond donors (Lipinski definition) is 1. The van der Waals surface area contributed by atoms with Gasteiger partial charge in [-0.05, 0) is 38.8 Å². The molecular formula is C11H19N3. The van der Waals surface area contributed by atoms with Gasteiger partial charge in [-0.3, -0.25) is 4.90 Å². The third-order valence-electron chi connectivity index (χ3n) is 3.49. The van der Waals surface area contributed by atoms with Crippen molar-refractivity contribution in [2.45, 2.75) is 44.2 Å². The molecule has 2 rings (SSSR count). The van der Waals surface area contributed by atoms with Gasteiger partial charge in [-0.25, -0.2) is 0 Å². The summed E-state index contributed by atoms with van der Waals surface area (Å²) in [6.45, 7) is 3.36. The predicted octanol–water partition coefficient (Wildman–Crippen LogP) is 1.12. The molecule has 0 bridgehead atoms. The highest BCUT2D eigenvalue weighted by molar-refractivity contribution is 4.92. The van der Waals surface area contributed by atoms with Gasteiger partial charge in [0.15, 0.2) is 0 Å². The lowest BCUT2D eigenvalue weighted by Gasteiger charge is -2.28. The second-order valence-corrected chi connectivity index (χ2v) is 4.36. The minimum atomic E-state index is 0.684. The van der Waals surface area contributed by atoms with Crippen LogP contribution in [0.1, 0.15) is 32.1 Å². The first-order valence-electron chi connectivity index (χ1n) is 5.76. The van der Waals surface area contributed by atoms with E-state index in [-0.39, 0.29) is 0 Å². The highest BCUT2D eigenvalue weighted by atomic mass is 15.2. The van der Waals surface area contributed by atoms with E-state index in [0.29, 0.717) is 18.5 Å². The summed E-state index contributed by atoms with van der Waals surface area (Å²) in [7, 11) is 0. The van der Waals surface area contributed by atoms with Crippen molar-refractivity contribution in [3.8, 4) is 6.07 Å². The second-order valence-electron chi connectivity index (χ2n) is 4.36. The quantitative estimate of drug-likeness (QED) is 0.730. The minimum Gasteiger partial charge on any atom is -0.312 e. The Bertz CT molecular complexity index is 215. The van der Waals surface area contributed by atoms with E-state index >= 15 is 0 Å². The van der Waals surface area contributed by atoms with Crippen LogP contribution in [0.3, 0.4) is 0 Å². The zero-order valence-electron chi connectivity index (χ0n) is 8.71. The molecule has 0 amide bonds. The van der Waals surface area contributed by atoms with Crippen LogP contribution in [-0.4, -0.2) is 36.6 Å². The largest absolute Gasteiger partial charge is 0.312 e. The first-order valence-corrected chi connectivity index (χ1v) is 5.76. The Balaban J connectivity index is 1.86. The predicted molar refractivity (Wildman–Crippen MR) is 55.8 cm³/mol. The zero-order chi connectivity index (χ0) is 9.80. The van der Waals surface area contributed by atoms with Gasteiger partial charge >= 0.3 is 0 Å². The average molecular weight is 193 g/mol. The zero-order valence-corrected chi connectivity index (χ0v) is 8.71. The summed E-state index contributed by atoms with van der Waals surface area (Å²) in [6, 6.07) is 3.66. The van der Waals surface area contributed by atoms with Crippen LogP contribution in [-0.2, 0) is 0 Å². The maximum absolute atomic E-state index is 8.59. The highest BCUT2D eigenvalue weighted by Gasteiger charge is 2.32. The average Bonchev–Trinajstić information content (AvgIpc) is 2.84. The van der Waals surface area contributed by atoms with Gasteiger partial charge in [0.25, 0.3) is 0 Å². The number of nitrogens with one attached hydrogen (secondary N) is 1. The maximum Gasteiger partial charge on any atom is 0.0635 e. The van der Waals surface area contributed by atoms with Gasteiger partial charge in [-0.1, -0.05) is 0 Å². The third-order valence-corrected chi connectivity index (χ3v) is 3.49. The molecule has 0 aromatic rings. The van der Waals surface area contributed by atoms with Crippen molar-refractivity contribution in [3.05, 3.63) is 0 Å². The van der Waals surface area contributed by atoms with E-state index < -0.39 is 0 Å². The molecule has 2 unspecified atom stereocenters. The number of hydrogen-bond acceptors (Lipinski definition) is 3. The number of nitrogens with zero attached hydrogens (tertiary/aromatic N) is 2. The van der Waals surface area contributed by atoms with E-state index in [1.165, 1.54) is 38.8 Å². The Morgan fingerprint density at radius 1 is 1.36 bits per heavy atom. The van der Waals surface area contributed by atoms with Gasteiger partial charge in [0, 0.05) is 25.0 Å². The van der Waals surface area contributed by atoms with Crippen LogP contribution >= 0.6 is 0 Å². The van der Waals surface area contributed by atoms with Gasteiger partial charge in [0.2, 0.25) is 0 Å². The lowest BCUT2D eigenvalue weighted by Crippen LogP contribution is -2.44. The fourth-order valence-corrected chi connectivity index (χ4v) is 2.82. The molecule has 2 fully saturated rings. The summed E-state index contributed by atoms with van der Waals surface area (Å²) in [5.74, 6) is 0. The molecule has 78 valence electrons. The molecule has 2 atom stereocenters. The fourth-order valence-electron chi connectivity index (χ4n) is 2.82. The summed E-state index contributed by atoms with van der Waals surface area (Å²) in [5.41, 5.74) is 0. The topological polar surface area (TPSA) is 39.1 Å². The van der Waals surface area contributed by atoms with Gasteiger partial charge in [0.05, 0.1) is 6.07 Å². The molecule has 2 heterocycles. The van der Waals surface area contributed by atoms with E-state index in [1.807, 2.05) is 0 Å². The van der Waals surface area contributed by atoms with Gasteiger partial charge in [0.1, 0.15) is 0 Å². The van der Waals surface area contributed by atoms with Crippen LogP contribution in [0.15, 0.2) is 0 Å². The molecule has 0 saturated carbocycles. The number of likely N-dealkylation sites (tertiary alicyclic amines) is 1. The van der Waals surface area contributed by atoms with Crippen molar-refractivity contribution in [3.63, 3.8) is 0 Å². The van der Waals surface area contributed by atoms with Crippen LogP contribution in [0.2, 0.25) is 0 Å².